The molecule has 0 bridgehead atoms. The molecule has 0 fully saturated rings. The molecule has 7 nitrogen and oxygen atoms in total. The zero-order chi connectivity index (χ0) is 28.2. The van der Waals surface area contributed by atoms with Gasteiger partial charge < -0.3 is 9.30 Å². The number of amidine groups is 2. The van der Waals surface area contributed by atoms with E-state index >= 15 is 0 Å². The first kappa shape index (κ1) is 27.9. The van der Waals surface area contributed by atoms with Gasteiger partial charge in [-0.05, 0) is 80.8 Å². The lowest BCUT2D eigenvalue weighted by molar-refractivity contribution is -0.114. The number of hydrogen-bond acceptors (Lipinski definition) is 5. The molecule has 0 saturated heterocycles. The SMILES string of the molecule is CCCCCCCC1=NN2C(=N)/C(=C\c3c(C)n(CCOc4ccc(C)c(C)c4)c4ccccc34)C(=O)N=C2S1. The topological polar surface area (TPSA) is 83.0 Å². The molecule has 3 aromatic rings. The largest absolute Gasteiger partial charge is 0.492 e. The van der Waals surface area contributed by atoms with E-state index in [1.54, 1.807) is 0 Å². The van der Waals surface area contributed by atoms with Crippen molar-refractivity contribution in [3.63, 3.8) is 0 Å². The summed E-state index contributed by atoms with van der Waals surface area (Å²) < 4.78 is 8.30. The zero-order valence-corrected chi connectivity index (χ0v) is 24.6. The Balaban J connectivity index is 1.36. The van der Waals surface area contributed by atoms with Crippen molar-refractivity contribution in [3.05, 3.63) is 70.4 Å². The summed E-state index contributed by atoms with van der Waals surface area (Å²) in [7, 11) is 0. The van der Waals surface area contributed by atoms with Crippen molar-refractivity contribution in [1.82, 2.24) is 9.58 Å². The molecule has 208 valence electrons. The summed E-state index contributed by atoms with van der Waals surface area (Å²) in [4.78, 5) is 17.4. The number of unbranched alkanes of at least 4 members (excludes halogenated alkanes) is 4. The molecule has 0 spiro atoms. The normalized spacial score (nSPS) is 16.1. The number of rotatable bonds is 11. The fourth-order valence-corrected chi connectivity index (χ4v) is 6.07. The number of nitrogens with one attached hydrogen (secondary N) is 1. The number of carbonyl (C=O) groups is 1. The number of aryl methyl sites for hydroxylation is 2. The van der Waals surface area contributed by atoms with Crippen LogP contribution >= 0.6 is 11.8 Å². The predicted octanol–water partition coefficient (Wildman–Crippen LogP) is 7.63. The van der Waals surface area contributed by atoms with Gasteiger partial charge in [-0.2, -0.15) is 15.1 Å². The maximum atomic E-state index is 13.1. The first-order chi connectivity index (χ1) is 19.4. The van der Waals surface area contributed by atoms with Crippen molar-refractivity contribution >= 4 is 50.7 Å². The third-order valence-corrected chi connectivity index (χ3v) is 8.59. The number of benzene rings is 2. The number of hydrogen-bond donors (Lipinski definition) is 1. The molecule has 1 aromatic heterocycles. The fraction of sp³-hybridized carbons (Fsp3) is 0.375. The fourth-order valence-electron chi connectivity index (χ4n) is 5.14. The Hall–Kier alpha value is -3.65. The third kappa shape index (κ3) is 5.77. The van der Waals surface area contributed by atoms with Gasteiger partial charge >= 0.3 is 0 Å². The summed E-state index contributed by atoms with van der Waals surface area (Å²) in [6, 6.07) is 14.3. The molecule has 0 atom stereocenters. The van der Waals surface area contributed by atoms with Crippen molar-refractivity contribution in [2.24, 2.45) is 10.1 Å². The standard InChI is InChI=1S/C32H37N5O2S/c1-5-6-7-8-9-14-29-35-37-30(33)27(31(38)34-32(37)40-29)20-26-23(4)36(28-13-11-10-12-25(26)28)17-18-39-24-16-15-21(2)22(3)19-24/h10-13,15-16,19-20,33H,5-9,14,17-18H2,1-4H3/b27-20+,33-30?. The summed E-state index contributed by atoms with van der Waals surface area (Å²) in [5.74, 6) is 0.550. The van der Waals surface area contributed by atoms with E-state index in [-0.39, 0.29) is 11.4 Å². The molecular formula is C32H37N5O2S. The monoisotopic (exact) mass is 555 g/mol. The van der Waals surface area contributed by atoms with Crippen molar-refractivity contribution in [2.45, 2.75) is 72.8 Å². The predicted molar refractivity (Wildman–Crippen MR) is 166 cm³/mol. The van der Waals surface area contributed by atoms with E-state index in [4.69, 9.17) is 10.1 Å². The molecule has 3 heterocycles. The van der Waals surface area contributed by atoms with Crippen LogP contribution in [0.2, 0.25) is 0 Å². The van der Waals surface area contributed by atoms with Gasteiger partial charge in [0.25, 0.3) is 5.91 Å². The molecule has 0 aliphatic carbocycles. The van der Waals surface area contributed by atoms with Gasteiger partial charge in [-0.25, -0.2) is 0 Å². The quantitative estimate of drug-likeness (QED) is 0.195. The summed E-state index contributed by atoms with van der Waals surface area (Å²) in [5.41, 5.74) is 5.71. The molecular weight excluding hydrogens is 518 g/mol. The van der Waals surface area contributed by atoms with E-state index in [0.29, 0.717) is 18.3 Å². The lowest BCUT2D eigenvalue weighted by Gasteiger charge is -2.20. The van der Waals surface area contributed by atoms with E-state index in [0.717, 1.165) is 45.8 Å². The molecule has 0 saturated carbocycles. The van der Waals surface area contributed by atoms with E-state index in [1.807, 2.05) is 24.3 Å². The Bertz CT molecular complexity index is 1550. The minimum Gasteiger partial charge on any atom is -0.492 e. The van der Waals surface area contributed by atoms with E-state index in [9.17, 15) is 4.79 Å². The van der Waals surface area contributed by atoms with Gasteiger partial charge in [-0.1, -0.05) is 56.9 Å². The van der Waals surface area contributed by atoms with Gasteiger partial charge in [-0.15, -0.1) is 0 Å². The first-order valence-electron chi connectivity index (χ1n) is 14.1. The maximum Gasteiger partial charge on any atom is 0.283 e. The number of fused-ring (bicyclic) bond motifs is 2. The summed E-state index contributed by atoms with van der Waals surface area (Å²) in [6.45, 7) is 9.61. The molecule has 0 radical (unpaired) electrons. The van der Waals surface area contributed by atoms with Crippen molar-refractivity contribution < 1.29 is 9.53 Å². The number of aromatic nitrogens is 1. The second kappa shape index (κ2) is 12.3. The highest BCUT2D eigenvalue weighted by molar-refractivity contribution is 8.26. The number of para-hydroxylation sites is 1. The van der Waals surface area contributed by atoms with Crippen LogP contribution in [0.5, 0.6) is 5.75 Å². The van der Waals surface area contributed by atoms with Gasteiger partial charge in [-0.3, -0.25) is 10.2 Å². The van der Waals surface area contributed by atoms with Gasteiger partial charge in [0.15, 0.2) is 5.84 Å². The highest BCUT2D eigenvalue weighted by atomic mass is 32.2. The second-order valence-corrected chi connectivity index (χ2v) is 11.5. The lowest BCUT2D eigenvalue weighted by atomic mass is 10.1. The van der Waals surface area contributed by atoms with E-state index in [2.05, 4.69) is 66.6 Å². The summed E-state index contributed by atoms with van der Waals surface area (Å²) >= 11 is 1.41. The molecule has 2 aromatic carbocycles. The maximum absolute atomic E-state index is 13.1. The summed E-state index contributed by atoms with van der Waals surface area (Å²) in [6.07, 6.45) is 8.58. The number of ether oxygens (including phenoxy) is 1. The Kier molecular flexibility index (Phi) is 8.54. The minimum atomic E-state index is -0.391. The number of carbonyl (C=O) groups excluding carboxylic acids is 1. The molecule has 2 aliphatic rings. The van der Waals surface area contributed by atoms with Gasteiger partial charge in [0.1, 0.15) is 17.4 Å². The van der Waals surface area contributed by atoms with Crippen LogP contribution in [0.4, 0.5) is 0 Å². The number of amides is 1. The molecule has 1 amide bonds. The van der Waals surface area contributed by atoms with Crippen LogP contribution in [0.25, 0.3) is 17.0 Å². The molecule has 8 heteroatoms. The third-order valence-electron chi connectivity index (χ3n) is 7.62. The second-order valence-electron chi connectivity index (χ2n) is 10.4. The Morgan fingerprint density at radius 2 is 1.82 bits per heavy atom. The highest BCUT2D eigenvalue weighted by Gasteiger charge is 2.35. The minimum absolute atomic E-state index is 0.0813. The molecule has 2 aliphatic heterocycles. The van der Waals surface area contributed by atoms with Crippen LogP contribution < -0.4 is 4.74 Å². The average molecular weight is 556 g/mol. The molecule has 40 heavy (non-hydrogen) atoms. The number of hydrazone groups is 1. The Morgan fingerprint density at radius 3 is 2.62 bits per heavy atom. The van der Waals surface area contributed by atoms with Crippen molar-refractivity contribution in [3.8, 4) is 5.75 Å². The number of thioether (sulfide) groups is 1. The molecule has 5 rings (SSSR count). The Morgan fingerprint density at radius 1 is 1.02 bits per heavy atom. The van der Waals surface area contributed by atoms with E-state index in [1.165, 1.54) is 53.6 Å². The number of aliphatic imine (C=N–C) groups is 1. The van der Waals surface area contributed by atoms with Crippen molar-refractivity contribution in [2.75, 3.05) is 6.61 Å². The van der Waals surface area contributed by atoms with Crippen LogP contribution in [-0.2, 0) is 11.3 Å². The lowest BCUT2D eigenvalue weighted by Crippen LogP contribution is -2.35. The summed E-state index contributed by atoms with van der Waals surface area (Å²) in [5, 5.41) is 17.4. The zero-order valence-electron chi connectivity index (χ0n) is 23.8. The molecule has 1 N–H and O–H groups in total. The van der Waals surface area contributed by atoms with Crippen LogP contribution in [0.3, 0.4) is 0 Å². The van der Waals surface area contributed by atoms with Gasteiger partial charge in [0.2, 0.25) is 5.17 Å². The van der Waals surface area contributed by atoms with Gasteiger partial charge in [0, 0.05) is 22.2 Å². The average Bonchev–Trinajstić information content (AvgIpc) is 3.46. The van der Waals surface area contributed by atoms with Crippen molar-refractivity contribution in [1.29, 1.82) is 5.41 Å². The van der Waals surface area contributed by atoms with E-state index < -0.39 is 5.91 Å². The van der Waals surface area contributed by atoms with Crippen LogP contribution in [0, 0.1) is 26.2 Å². The van der Waals surface area contributed by atoms with Crippen LogP contribution in [-0.4, -0.2) is 38.1 Å². The highest BCUT2D eigenvalue weighted by Crippen LogP contribution is 2.33. The first-order valence-corrected chi connectivity index (χ1v) is 15.0. The smallest absolute Gasteiger partial charge is 0.283 e. The molecule has 0 unspecified atom stereocenters. The van der Waals surface area contributed by atoms with Crippen LogP contribution in [0.15, 0.2) is 58.1 Å². The number of nitrogens with zero attached hydrogens (tertiary/aromatic N) is 4. The van der Waals surface area contributed by atoms with Crippen LogP contribution in [0.1, 0.15) is 67.8 Å². The van der Waals surface area contributed by atoms with Gasteiger partial charge in [0.05, 0.1) is 12.1 Å². The Labute approximate surface area is 240 Å².